The summed E-state index contributed by atoms with van der Waals surface area (Å²) in [4.78, 5) is 0. The van der Waals surface area contributed by atoms with Crippen LogP contribution in [-0.2, 0) is 4.57 Å². The third kappa shape index (κ3) is 12.1. The van der Waals surface area contributed by atoms with Gasteiger partial charge in [-0.05, 0) is 12.8 Å². The lowest BCUT2D eigenvalue weighted by molar-refractivity contribution is 0.362. The van der Waals surface area contributed by atoms with Gasteiger partial charge in [-0.25, -0.2) is 0 Å². The molecule has 3 heteroatoms. The van der Waals surface area contributed by atoms with Gasteiger partial charge < -0.3 is 5.11 Å². The van der Waals surface area contributed by atoms with Crippen molar-refractivity contribution in [2.45, 2.75) is 71.1 Å². The normalized spacial score (nSPS) is 11.8. The van der Waals surface area contributed by atoms with Crippen LogP contribution in [0.5, 0.6) is 0 Å². The van der Waals surface area contributed by atoms with E-state index in [0.717, 1.165) is 6.42 Å². The first-order valence-corrected chi connectivity index (χ1v) is 8.47. The van der Waals surface area contributed by atoms with E-state index in [1.165, 1.54) is 57.8 Å². The zero-order valence-electron chi connectivity index (χ0n) is 10.8. The van der Waals surface area contributed by atoms with Crippen LogP contribution in [0.1, 0.15) is 71.1 Å². The molecule has 0 bridgehead atoms. The molecule has 0 saturated heterocycles. The van der Waals surface area contributed by atoms with E-state index in [1.807, 2.05) is 0 Å². The monoisotopic (exact) mass is 247 g/mol. The summed E-state index contributed by atoms with van der Waals surface area (Å²) in [6.07, 6.45) is 13.6. The fourth-order valence-corrected chi connectivity index (χ4v) is 2.56. The van der Waals surface area contributed by atoms with Gasteiger partial charge in [0.25, 0.3) is 0 Å². The van der Waals surface area contributed by atoms with Gasteiger partial charge in [0.1, 0.15) is 6.16 Å². The summed E-state index contributed by atoms with van der Waals surface area (Å²) in [7, 11) is -1.31. The Hall–Kier alpha value is 0.0600. The Morgan fingerprint density at radius 1 is 0.812 bits per heavy atom. The number of unbranched alkanes of at least 4 members (excludes halogenated alkanes) is 9. The average Bonchev–Trinajstić information content (AvgIpc) is 2.31. The third-order valence-electron chi connectivity index (χ3n) is 2.92. The van der Waals surface area contributed by atoms with Gasteiger partial charge in [-0.2, -0.15) is 0 Å². The van der Waals surface area contributed by atoms with Gasteiger partial charge in [-0.1, -0.05) is 62.9 Å². The van der Waals surface area contributed by atoms with Gasteiger partial charge in [0.15, 0.2) is 0 Å². The van der Waals surface area contributed by atoms with Crippen LogP contribution in [0.4, 0.5) is 0 Å². The molecule has 0 aliphatic heterocycles. The van der Waals surface area contributed by atoms with E-state index in [1.54, 1.807) is 0 Å². The number of aliphatic hydroxyl groups is 1. The molecule has 0 aromatic carbocycles. The highest BCUT2D eigenvalue weighted by Crippen LogP contribution is 2.20. The van der Waals surface area contributed by atoms with Crippen molar-refractivity contribution in [1.82, 2.24) is 0 Å². The molecule has 0 aromatic rings. The van der Waals surface area contributed by atoms with E-state index >= 15 is 0 Å². The predicted molar refractivity (Wildman–Crippen MR) is 71.4 cm³/mol. The highest BCUT2D eigenvalue weighted by molar-refractivity contribution is 7.44. The van der Waals surface area contributed by atoms with E-state index in [2.05, 4.69) is 6.92 Å². The second kappa shape index (κ2) is 13.1. The predicted octanol–water partition coefficient (Wildman–Crippen LogP) is 4.68. The zero-order valence-corrected chi connectivity index (χ0v) is 11.7. The smallest absolute Gasteiger partial charge is 0.353 e. The van der Waals surface area contributed by atoms with Crippen LogP contribution in [0, 0.1) is 0 Å². The van der Waals surface area contributed by atoms with E-state index in [4.69, 9.17) is 5.11 Å². The molecule has 0 amide bonds. The van der Waals surface area contributed by atoms with E-state index in [9.17, 15) is 4.57 Å². The fraction of sp³-hybridized carbons (Fsp3) is 1.00. The van der Waals surface area contributed by atoms with Crippen molar-refractivity contribution in [2.75, 3.05) is 12.5 Å². The molecule has 96 valence electrons. The SMILES string of the molecule is CCCCCCCCCCCC[P+](=O)CO. The minimum absolute atomic E-state index is 0.132. The summed E-state index contributed by atoms with van der Waals surface area (Å²) in [6.45, 7) is 2.25. The molecule has 0 aliphatic carbocycles. The van der Waals surface area contributed by atoms with Gasteiger partial charge in [0, 0.05) is 0 Å². The first-order valence-electron chi connectivity index (χ1n) is 6.84. The molecule has 16 heavy (non-hydrogen) atoms. The fourth-order valence-electron chi connectivity index (χ4n) is 1.85. The molecule has 2 nitrogen and oxygen atoms in total. The largest absolute Gasteiger partial charge is 0.366 e. The van der Waals surface area contributed by atoms with Crippen LogP contribution in [0.25, 0.3) is 0 Å². The molecule has 1 atom stereocenters. The summed E-state index contributed by atoms with van der Waals surface area (Å²) in [6, 6.07) is 0. The number of aliphatic hydroxyl groups excluding tert-OH is 1. The standard InChI is InChI=1S/C13H28O2P/c1-2-3-4-5-6-7-8-9-10-11-12-16(15)13-14/h14H,2-13H2,1H3/q+1. The molecular weight excluding hydrogens is 219 g/mol. The molecule has 0 spiro atoms. The number of rotatable bonds is 12. The molecular formula is C13H28O2P+. The van der Waals surface area contributed by atoms with Crippen molar-refractivity contribution in [2.24, 2.45) is 0 Å². The summed E-state index contributed by atoms with van der Waals surface area (Å²) >= 11 is 0. The lowest BCUT2D eigenvalue weighted by Gasteiger charge is -2.00. The first kappa shape index (κ1) is 16.1. The zero-order chi connectivity index (χ0) is 12.1. The summed E-state index contributed by atoms with van der Waals surface area (Å²) in [5.74, 6) is 0. The first-order chi connectivity index (χ1) is 7.81. The minimum atomic E-state index is -1.31. The lowest BCUT2D eigenvalue weighted by atomic mass is 10.1. The molecule has 0 rings (SSSR count). The van der Waals surface area contributed by atoms with Gasteiger partial charge in [-0.3, -0.25) is 0 Å². The Morgan fingerprint density at radius 3 is 1.69 bits per heavy atom. The van der Waals surface area contributed by atoms with Crippen molar-refractivity contribution in [3.05, 3.63) is 0 Å². The van der Waals surface area contributed by atoms with Crippen LogP contribution >= 0.6 is 7.80 Å². The van der Waals surface area contributed by atoms with Crippen molar-refractivity contribution in [3.8, 4) is 0 Å². The average molecular weight is 247 g/mol. The molecule has 0 fully saturated rings. The van der Waals surface area contributed by atoms with Gasteiger partial charge in [0.2, 0.25) is 6.35 Å². The van der Waals surface area contributed by atoms with E-state index < -0.39 is 7.80 Å². The van der Waals surface area contributed by atoms with Crippen LogP contribution in [0.2, 0.25) is 0 Å². The van der Waals surface area contributed by atoms with Gasteiger partial charge >= 0.3 is 7.80 Å². The van der Waals surface area contributed by atoms with Crippen LogP contribution in [0.3, 0.4) is 0 Å². The minimum Gasteiger partial charge on any atom is -0.353 e. The lowest BCUT2D eigenvalue weighted by Crippen LogP contribution is -1.85. The Morgan fingerprint density at radius 2 is 1.25 bits per heavy atom. The summed E-state index contributed by atoms with van der Waals surface area (Å²) in [5, 5.41) is 8.59. The molecule has 0 aromatic heterocycles. The van der Waals surface area contributed by atoms with Crippen molar-refractivity contribution >= 4 is 7.80 Å². The molecule has 1 unspecified atom stereocenters. The van der Waals surface area contributed by atoms with Gasteiger partial charge in [-0.15, -0.1) is 0 Å². The van der Waals surface area contributed by atoms with Crippen molar-refractivity contribution in [1.29, 1.82) is 0 Å². The van der Waals surface area contributed by atoms with Crippen LogP contribution in [0.15, 0.2) is 0 Å². The maximum Gasteiger partial charge on any atom is 0.366 e. The second-order valence-electron chi connectivity index (χ2n) is 4.53. The van der Waals surface area contributed by atoms with Crippen molar-refractivity contribution < 1.29 is 9.67 Å². The second-order valence-corrected chi connectivity index (χ2v) is 6.22. The Labute approximate surface area is 102 Å². The maximum absolute atomic E-state index is 10.9. The Bertz CT molecular complexity index is 160. The van der Waals surface area contributed by atoms with E-state index in [0.29, 0.717) is 6.16 Å². The highest BCUT2D eigenvalue weighted by atomic mass is 31.1. The maximum atomic E-state index is 10.9. The highest BCUT2D eigenvalue weighted by Gasteiger charge is 2.10. The quantitative estimate of drug-likeness (QED) is 0.401. The molecule has 0 heterocycles. The molecule has 0 aliphatic rings. The third-order valence-corrected chi connectivity index (χ3v) is 4.05. The topological polar surface area (TPSA) is 37.3 Å². The molecule has 0 radical (unpaired) electrons. The van der Waals surface area contributed by atoms with Crippen LogP contribution in [-0.4, -0.2) is 17.6 Å². The van der Waals surface area contributed by atoms with Gasteiger partial charge in [0.05, 0.1) is 0 Å². The molecule has 0 saturated carbocycles. The number of hydrogen-bond donors (Lipinski definition) is 1. The van der Waals surface area contributed by atoms with Crippen LogP contribution < -0.4 is 0 Å². The number of hydrogen-bond acceptors (Lipinski definition) is 2. The summed E-state index contributed by atoms with van der Waals surface area (Å²) in [5.41, 5.74) is 0. The van der Waals surface area contributed by atoms with E-state index in [-0.39, 0.29) is 6.35 Å². The Kier molecular flexibility index (Phi) is 13.2. The molecule has 1 N–H and O–H groups in total. The Balaban J connectivity index is 2.96. The summed E-state index contributed by atoms with van der Waals surface area (Å²) < 4.78 is 10.9. The van der Waals surface area contributed by atoms with Crippen molar-refractivity contribution in [3.63, 3.8) is 0 Å².